The third kappa shape index (κ3) is 6.14. The highest BCUT2D eigenvalue weighted by Crippen LogP contribution is 2.27. The quantitative estimate of drug-likeness (QED) is 0.221. The Bertz CT molecular complexity index is 1120. The van der Waals surface area contributed by atoms with Crippen LogP contribution < -0.4 is 4.73 Å². The lowest BCUT2D eigenvalue weighted by atomic mass is 10.2. The van der Waals surface area contributed by atoms with E-state index in [-0.39, 0.29) is 6.54 Å². The Hall–Kier alpha value is -2.39. The van der Waals surface area contributed by atoms with E-state index in [1.54, 1.807) is 11.0 Å². The summed E-state index contributed by atoms with van der Waals surface area (Å²) in [6, 6.07) is 5.63. The number of pyridine rings is 1. The van der Waals surface area contributed by atoms with Crippen molar-refractivity contribution in [3.05, 3.63) is 39.9 Å². The van der Waals surface area contributed by atoms with Gasteiger partial charge in [-0.25, -0.2) is 9.78 Å². The molecule has 3 aromatic rings. The van der Waals surface area contributed by atoms with Gasteiger partial charge < -0.3 is 24.1 Å². The summed E-state index contributed by atoms with van der Waals surface area (Å²) >= 11 is 3.45. The topological polar surface area (TPSA) is 83.5 Å². The molecule has 33 heavy (non-hydrogen) atoms. The van der Waals surface area contributed by atoms with E-state index in [1.807, 2.05) is 39.8 Å². The second-order valence-corrected chi connectivity index (χ2v) is 9.91. The highest BCUT2D eigenvalue weighted by atomic mass is 79.9. The van der Waals surface area contributed by atoms with Crippen LogP contribution in [0.5, 0.6) is 0 Å². The molecule has 0 atom stereocenters. The summed E-state index contributed by atoms with van der Waals surface area (Å²) in [5, 5.41) is 13.5. The first kappa shape index (κ1) is 25.2. The van der Waals surface area contributed by atoms with E-state index in [9.17, 15) is 10.0 Å². The summed E-state index contributed by atoms with van der Waals surface area (Å²) in [6.07, 6.45) is 3.18. The molecule has 0 unspecified atom stereocenters. The van der Waals surface area contributed by atoms with Gasteiger partial charge in [0.2, 0.25) is 11.7 Å². The Kier molecular flexibility index (Phi) is 8.18. The average Bonchev–Trinajstić information content (AvgIpc) is 3.07. The molecule has 0 aliphatic rings. The van der Waals surface area contributed by atoms with Gasteiger partial charge in [-0.2, -0.15) is 4.73 Å². The summed E-state index contributed by atoms with van der Waals surface area (Å²) < 4.78 is 15.1. The molecule has 1 aromatic carbocycles. The molecule has 180 valence electrons. The highest BCUT2D eigenvalue weighted by Gasteiger charge is 2.25. The number of fused-ring (bicyclic) bond motifs is 3. The smallest absolute Gasteiger partial charge is 0.410 e. The zero-order valence-corrected chi connectivity index (χ0v) is 21.6. The lowest BCUT2D eigenvalue weighted by molar-refractivity contribution is -0.575. The van der Waals surface area contributed by atoms with Crippen LogP contribution >= 0.6 is 15.9 Å². The Balaban J connectivity index is 2.04. The molecule has 3 rings (SSSR count). The zero-order chi connectivity index (χ0) is 24.2. The van der Waals surface area contributed by atoms with E-state index in [0.29, 0.717) is 43.2 Å². The van der Waals surface area contributed by atoms with Crippen molar-refractivity contribution in [2.24, 2.45) is 0 Å². The fourth-order valence-electron chi connectivity index (χ4n) is 3.63. The normalized spacial score (nSPS) is 11.9. The molecule has 0 saturated heterocycles. The molecule has 0 aliphatic carbocycles. The van der Waals surface area contributed by atoms with Gasteiger partial charge in [0, 0.05) is 30.2 Å². The van der Waals surface area contributed by atoms with Gasteiger partial charge in [-0.05, 0) is 46.2 Å². The molecule has 9 heteroatoms. The van der Waals surface area contributed by atoms with E-state index >= 15 is 0 Å². The van der Waals surface area contributed by atoms with E-state index in [4.69, 9.17) is 14.5 Å². The van der Waals surface area contributed by atoms with Crippen molar-refractivity contribution in [3.8, 4) is 0 Å². The third-order valence-corrected chi connectivity index (χ3v) is 5.73. The maximum Gasteiger partial charge on any atom is 0.410 e. The number of rotatable bonds is 9. The number of aromatic nitrogens is 3. The van der Waals surface area contributed by atoms with Crippen LogP contribution in [0, 0.1) is 5.21 Å². The number of benzene rings is 1. The number of carbonyl (C=O) groups excluding carboxylic acids is 1. The molecule has 2 heterocycles. The Morgan fingerprint density at radius 1 is 1.27 bits per heavy atom. The number of carbonyl (C=O) groups is 1. The second-order valence-electron chi connectivity index (χ2n) is 8.99. The predicted molar refractivity (Wildman–Crippen MR) is 132 cm³/mol. The van der Waals surface area contributed by atoms with Gasteiger partial charge >= 0.3 is 6.09 Å². The minimum atomic E-state index is -0.588. The lowest BCUT2D eigenvalue weighted by Crippen LogP contribution is -2.37. The van der Waals surface area contributed by atoms with Crippen LogP contribution in [0.15, 0.2) is 28.9 Å². The largest absolute Gasteiger partial charge is 0.618 e. The average molecular weight is 521 g/mol. The SMILES string of the molecule is CCCCOCCn1c(CN(CC)C(=O)OC(C)(C)C)nc2c[n+]([O-])c3cc(Br)ccc3c21. The Labute approximate surface area is 203 Å². The monoisotopic (exact) mass is 520 g/mol. The van der Waals surface area contributed by atoms with Gasteiger partial charge in [0.1, 0.15) is 11.4 Å². The molecule has 0 saturated carbocycles. The minimum Gasteiger partial charge on any atom is -0.618 e. The van der Waals surface area contributed by atoms with Crippen LogP contribution in [0.2, 0.25) is 0 Å². The van der Waals surface area contributed by atoms with E-state index in [2.05, 4.69) is 27.4 Å². The molecule has 0 fully saturated rings. The zero-order valence-electron chi connectivity index (χ0n) is 20.1. The fourth-order valence-corrected chi connectivity index (χ4v) is 3.98. The van der Waals surface area contributed by atoms with Crippen LogP contribution in [0.3, 0.4) is 0 Å². The molecule has 0 aliphatic heterocycles. The third-order valence-electron chi connectivity index (χ3n) is 5.23. The molecule has 2 aromatic heterocycles. The van der Waals surface area contributed by atoms with Gasteiger partial charge in [-0.15, -0.1) is 0 Å². The van der Waals surface area contributed by atoms with Crippen molar-refractivity contribution in [2.45, 2.75) is 66.2 Å². The van der Waals surface area contributed by atoms with Crippen molar-refractivity contribution in [1.82, 2.24) is 14.5 Å². The summed E-state index contributed by atoms with van der Waals surface area (Å²) in [4.78, 5) is 19.1. The van der Waals surface area contributed by atoms with Gasteiger partial charge in [-0.1, -0.05) is 29.3 Å². The van der Waals surface area contributed by atoms with Crippen LogP contribution in [-0.2, 0) is 22.6 Å². The van der Waals surface area contributed by atoms with Crippen molar-refractivity contribution in [3.63, 3.8) is 0 Å². The fraction of sp³-hybridized carbons (Fsp3) is 0.542. The number of imidazole rings is 1. The van der Waals surface area contributed by atoms with Crippen molar-refractivity contribution in [2.75, 3.05) is 19.8 Å². The van der Waals surface area contributed by atoms with Gasteiger partial charge in [0.05, 0.1) is 24.1 Å². The van der Waals surface area contributed by atoms with Gasteiger partial charge in [-0.3, -0.25) is 0 Å². The standard InChI is InChI=1S/C24H33BrN4O4/c1-6-8-12-32-13-11-28-21(16-27(7-2)23(30)33-24(3,4)5)26-19-15-29(31)20-14-17(25)9-10-18(20)22(19)28/h9-10,14-15H,6-8,11-13,16H2,1-5H3. The first-order valence-electron chi connectivity index (χ1n) is 11.4. The summed E-state index contributed by atoms with van der Waals surface area (Å²) in [5.41, 5.74) is 1.41. The van der Waals surface area contributed by atoms with Crippen LogP contribution in [-0.4, -0.2) is 45.9 Å². The van der Waals surface area contributed by atoms with Crippen LogP contribution in [0.1, 0.15) is 53.3 Å². The maximum absolute atomic E-state index is 12.7. The number of hydrogen-bond acceptors (Lipinski definition) is 5. The molecule has 0 N–H and O–H groups in total. The van der Waals surface area contributed by atoms with Gasteiger partial charge in [0.25, 0.3) is 0 Å². The lowest BCUT2D eigenvalue weighted by Gasteiger charge is -2.26. The first-order valence-corrected chi connectivity index (χ1v) is 12.2. The molecule has 0 spiro atoms. The number of unbranched alkanes of at least 4 members (excludes halogenated alkanes) is 1. The molecular weight excluding hydrogens is 488 g/mol. The molecule has 8 nitrogen and oxygen atoms in total. The predicted octanol–water partition coefficient (Wildman–Crippen LogP) is 5.16. The van der Waals surface area contributed by atoms with E-state index < -0.39 is 11.7 Å². The van der Waals surface area contributed by atoms with Gasteiger partial charge in [0.15, 0.2) is 5.52 Å². The molecular formula is C24H33BrN4O4. The molecule has 0 bridgehead atoms. The molecule has 1 amide bonds. The first-order chi connectivity index (χ1) is 15.6. The summed E-state index contributed by atoms with van der Waals surface area (Å²) in [6.45, 7) is 12.1. The highest BCUT2D eigenvalue weighted by molar-refractivity contribution is 9.10. The second kappa shape index (κ2) is 10.7. The van der Waals surface area contributed by atoms with Crippen molar-refractivity contribution < 1.29 is 19.0 Å². The summed E-state index contributed by atoms with van der Waals surface area (Å²) in [5.74, 6) is 0.687. The maximum atomic E-state index is 12.7. The van der Waals surface area contributed by atoms with Crippen LogP contribution in [0.4, 0.5) is 4.79 Å². The van der Waals surface area contributed by atoms with E-state index in [1.165, 1.54) is 6.20 Å². The number of amides is 1. The number of ether oxygens (including phenoxy) is 2. The minimum absolute atomic E-state index is 0.270. The Morgan fingerprint density at radius 2 is 2.03 bits per heavy atom. The van der Waals surface area contributed by atoms with Crippen molar-refractivity contribution >= 4 is 44.0 Å². The molecule has 0 radical (unpaired) electrons. The number of halogens is 1. The summed E-state index contributed by atoms with van der Waals surface area (Å²) in [7, 11) is 0. The number of nitrogens with zero attached hydrogens (tertiary/aromatic N) is 4. The van der Waals surface area contributed by atoms with Crippen LogP contribution in [0.25, 0.3) is 21.9 Å². The van der Waals surface area contributed by atoms with E-state index in [0.717, 1.165) is 32.9 Å². The van der Waals surface area contributed by atoms with Crippen molar-refractivity contribution in [1.29, 1.82) is 0 Å². The number of hydrogen-bond donors (Lipinski definition) is 0. The Morgan fingerprint density at radius 3 is 2.70 bits per heavy atom.